The van der Waals surface area contributed by atoms with Crippen LogP contribution in [0.1, 0.15) is 70.2 Å². The van der Waals surface area contributed by atoms with Gasteiger partial charge < -0.3 is 10.1 Å². The number of rotatable bonds is 7. The Morgan fingerprint density at radius 1 is 0.931 bits per heavy atom. The SMILES string of the molecule is CC(C)Oc1ccc(C(=O)NNC(=O)C(NC(=O)C2CCCCC2)C(C)C)cc1. The van der Waals surface area contributed by atoms with E-state index in [1.807, 2.05) is 27.7 Å². The van der Waals surface area contributed by atoms with Gasteiger partial charge in [-0.05, 0) is 56.9 Å². The van der Waals surface area contributed by atoms with E-state index in [2.05, 4.69) is 16.2 Å². The van der Waals surface area contributed by atoms with Gasteiger partial charge in [0.2, 0.25) is 5.91 Å². The molecule has 0 radical (unpaired) electrons. The number of carbonyl (C=O) groups is 3. The second kappa shape index (κ2) is 10.8. The lowest BCUT2D eigenvalue weighted by atomic mass is 9.88. The highest BCUT2D eigenvalue weighted by atomic mass is 16.5. The lowest BCUT2D eigenvalue weighted by molar-refractivity contribution is -0.133. The van der Waals surface area contributed by atoms with E-state index in [-0.39, 0.29) is 23.8 Å². The summed E-state index contributed by atoms with van der Waals surface area (Å²) < 4.78 is 5.55. The van der Waals surface area contributed by atoms with Crippen molar-refractivity contribution in [2.75, 3.05) is 0 Å². The maximum absolute atomic E-state index is 12.6. The number of benzene rings is 1. The molecule has 0 heterocycles. The first-order valence-corrected chi connectivity index (χ1v) is 10.4. The number of hydrazine groups is 1. The van der Waals surface area contributed by atoms with Crippen molar-refractivity contribution in [3.63, 3.8) is 0 Å². The highest BCUT2D eigenvalue weighted by molar-refractivity contribution is 5.96. The van der Waals surface area contributed by atoms with E-state index in [0.717, 1.165) is 32.1 Å². The Bertz CT molecular complexity index is 695. The molecule has 1 atom stereocenters. The zero-order valence-electron chi connectivity index (χ0n) is 17.8. The summed E-state index contributed by atoms with van der Waals surface area (Å²) in [5.74, 6) is -0.407. The van der Waals surface area contributed by atoms with Crippen molar-refractivity contribution in [3.8, 4) is 5.75 Å². The quantitative estimate of drug-likeness (QED) is 0.610. The normalized spacial score (nSPS) is 15.7. The lowest BCUT2D eigenvalue weighted by Gasteiger charge is -2.26. The van der Waals surface area contributed by atoms with Gasteiger partial charge in [-0.25, -0.2) is 0 Å². The van der Waals surface area contributed by atoms with Crippen LogP contribution in [0, 0.1) is 11.8 Å². The Hall–Kier alpha value is -2.57. The van der Waals surface area contributed by atoms with Crippen LogP contribution < -0.4 is 20.9 Å². The molecule has 1 fully saturated rings. The van der Waals surface area contributed by atoms with Crippen LogP contribution >= 0.6 is 0 Å². The number of hydrogen-bond donors (Lipinski definition) is 3. The molecule has 29 heavy (non-hydrogen) atoms. The molecule has 2 rings (SSSR count). The summed E-state index contributed by atoms with van der Waals surface area (Å²) in [4.78, 5) is 37.3. The predicted octanol–water partition coefficient (Wildman–Crippen LogP) is 2.96. The third kappa shape index (κ3) is 7.07. The van der Waals surface area contributed by atoms with E-state index >= 15 is 0 Å². The number of hydrogen-bond acceptors (Lipinski definition) is 4. The van der Waals surface area contributed by atoms with Gasteiger partial charge in [0.1, 0.15) is 11.8 Å². The van der Waals surface area contributed by atoms with Gasteiger partial charge in [0.25, 0.3) is 11.8 Å². The summed E-state index contributed by atoms with van der Waals surface area (Å²) in [7, 11) is 0. The van der Waals surface area contributed by atoms with Crippen molar-refractivity contribution in [1.29, 1.82) is 0 Å². The summed E-state index contributed by atoms with van der Waals surface area (Å²) in [5.41, 5.74) is 5.25. The zero-order valence-corrected chi connectivity index (χ0v) is 17.8. The van der Waals surface area contributed by atoms with E-state index in [4.69, 9.17) is 4.74 Å². The van der Waals surface area contributed by atoms with Crippen molar-refractivity contribution >= 4 is 17.7 Å². The van der Waals surface area contributed by atoms with Crippen LogP contribution in [-0.2, 0) is 9.59 Å². The fraction of sp³-hybridized carbons (Fsp3) is 0.591. The van der Waals surface area contributed by atoms with Gasteiger partial charge in [-0.2, -0.15) is 0 Å². The molecule has 1 aromatic carbocycles. The predicted molar refractivity (Wildman–Crippen MR) is 111 cm³/mol. The standard InChI is InChI=1S/C22H33N3O4/c1-14(2)19(23-20(26)16-8-6-5-7-9-16)22(28)25-24-21(27)17-10-12-18(13-11-17)29-15(3)4/h10-16,19H,5-9H2,1-4H3,(H,23,26)(H,24,27)(H,25,28). The Balaban J connectivity index is 1.88. The molecular formula is C22H33N3O4. The second-order valence-electron chi connectivity index (χ2n) is 8.20. The summed E-state index contributed by atoms with van der Waals surface area (Å²) in [6.45, 7) is 7.57. The molecule has 0 aliphatic heterocycles. The minimum atomic E-state index is -0.702. The molecule has 1 unspecified atom stereocenters. The van der Waals surface area contributed by atoms with Crippen molar-refractivity contribution < 1.29 is 19.1 Å². The molecular weight excluding hydrogens is 370 g/mol. The fourth-order valence-electron chi connectivity index (χ4n) is 3.40. The van der Waals surface area contributed by atoms with Crippen molar-refractivity contribution in [2.24, 2.45) is 11.8 Å². The molecule has 1 aromatic rings. The molecule has 7 nitrogen and oxygen atoms in total. The van der Waals surface area contributed by atoms with E-state index in [9.17, 15) is 14.4 Å². The third-order valence-corrected chi connectivity index (χ3v) is 5.01. The van der Waals surface area contributed by atoms with Crippen molar-refractivity contribution in [1.82, 2.24) is 16.2 Å². The highest BCUT2D eigenvalue weighted by Crippen LogP contribution is 2.24. The molecule has 0 bridgehead atoms. The number of ether oxygens (including phenoxy) is 1. The average Bonchev–Trinajstić information content (AvgIpc) is 2.70. The van der Waals surface area contributed by atoms with Crippen molar-refractivity contribution in [3.05, 3.63) is 29.8 Å². The summed E-state index contributed by atoms with van der Waals surface area (Å²) >= 11 is 0. The van der Waals surface area contributed by atoms with E-state index < -0.39 is 17.9 Å². The first kappa shape index (κ1) is 22.7. The minimum Gasteiger partial charge on any atom is -0.491 e. The third-order valence-electron chi connectivity index (χ3n) is 5.01. The van der Waals surface area contributed by atoms with Gasteiger partial charge in [0.15, 0.2) is 0 Å². The molecule has 7 heteroatoms. The molecule has 0 saturated heterocycles. The summed E-state index contributed by atoms with van der Waals surface area (Å²) in [6.07, 6.45) is 5.04. The second-order valence-corrected chi connectivity index (χ2v) is 8.20. The minimum absolute atomic E-state index is 0.0287. The smallest absolute Gasteiger partial charge is 0.269 e. The molecule has 3 amide bonds. The Morgan fingerprint density at radius 3 is 2.10 bits per heavy atom. The van der Waals surface area contributed by atoms with Crippen LogP contribution in [0.5, 0.6) is 5.75 Å². The van der Waals surface area contributed by atoms with E-state index in [0.29, 0.717) is 11.3 Å². The maximum Gasteiger partial charge on any atom is 0.269 e. The number of carbonyl (C=O) groups excluding carboxylic acids is 3. The Labute approximate surface area is 172 Å². The topological polar surface area (TPSA) is 96.5 Å². The lowest BCUT2D eigenvalue weighted by Crippen LogP contribution is -2.55. The Kier molecular flexibility index (Phi) is 8.49. The fourth-order valence-corrected chi connectivity index (χ4v) is 3.40. The molecule has 1 aliphatic rings. The van der Waals surface area contributed by atoms with Crippen LogP contribution in [0.2, 0.25) is 0 Å². The van der Waals surface area contributed by atoms with Gasteiger partial charge in [0, 0.05) is 11.5 Å². The number of nitrogens with one attached hydrogen (secondary N) is 3. The van der Waals surface area contributed by atoms with Crippen LogP contribution in [0.3, 0.4) is 0 Å². The van der Waals surface area contributed by atoms with Crippen LogP contribution in [0.25, 0.3) is 0 Å². The summed E-state index contributed by atoms with van der Waals surface area (Å²) in [6, 6.07) is 5.97. The maximum atomic E-state index is 12.6. The van der Waals surface area contributed by atoms with E-state index in [1.54, 1.807) is 24.3 Å². The van der Waals surface area contributed by atoms with Crippen LogP contribution in [0.15, 0.2) is 24.3 Å². The monoisotopic (exact) mass is 403 g/mol. The molecule has 1 saturated carbocycles. The van der Waals surface area contributed by atoms with Gasteiger partial charge in [-0.15, -0.1) is 0 Å². The van der Waals surface area contributed by atoms with Crippen molar-refractivity contribution in [2.45, 2.75) is 71.9 Å². The zero-order chi connectivity index (χ0) is 21.4. The largest absolute Gasteiger partial charge is 0.491 e. The van der Waals surface area contributed by atoms with E-state index in [1.165, 1.54) is 0 Å². The van der Waals surface area contributed by atoms with Gasteiger partial charge in [-0.1, -0.05) is 33.1 Å². The average molecular weight is 404 g/mol. The summed E-state index contributed by atoms with van der Waals surface area (Å²) in [5, 5.41) is 2.86. The molecule has 1 aliphatic carbocycles. The molecule has 0 spiro atoms. The molecule has 0 aromatic heterocycles. The van der Waals surface area contributed by atoms with Gasteiger partial charge >= 0.3 is 0 Å². The van der Waals surface area contributed by atoms with Gasteiger partial charge in [0.05, 0.1) is 6.10 Å². The van der Waals surface area contributed by atoms with Gasteiger partial charge in [-0.3, -0.25) is 25.2 Å². The molecule has 160 valence electrons. The first-order chi connectivity index (χ1) is 13.8. The van der Waals surface area contributed by atoms with Crippen LogP contribution in [0.4, 0.5) is 0 Å². The Morgan fingerprint density at radius 2 is 1.55 bits per heavy atom. The highest BCUT2D eigenvalue weighted by Gasteiger charge is 2.28. The molecule has 3 N–H and O–H groups in total. The first-order valence-electron chi connectivity index (χ1n) is 10.4. The number of amides is 3. The van der Waals surface area contributed by atoms with Crippen LogP contribution in [-0.4, -0.2) is 29.9 Å².